The number of aromatic carboxylic acids is 1. The summed E-state index contributed by atoms with van der Waals surface area (Å²) in [7, 11) is 1.68. The Morgan fingerprint density at radius 1 is 1.39 bits per heavy atom. The lowest BCUT2D eigenvalue weighted by atomic mass is 10.1. The van der Waals surface area contributed by atoms with Gasteiger partial charge in [-0.3, -0.25) is 0 Å². The molecule has 1 aromatic carbocycles. The molecule has 0 unspecified atom stereocenters. The van der Waals surface area contributed by atoms with Crippen LogP contribution in [0.25, 0.3) is 0 Å². The molecule has 1 rings (SSSR count). The van der Waals surface area contributed by atoms with E-state index >= 15 is 0 Å². The molecule has 18 heavy (non-hydrogen) atoms. The van der Waals surface area contributed by atoms with Crippen molar-refractivity contribution in [3.05, 3.63) is 29.3 Å². The highest BCUT2D eigenvalue weighted by Gasteiger charge is 2.16. The van der Waals surface area contributed by atoms with Gasteiger partial charge in [-0.2, -0.15) is 0 Å². The maximum Gasteiger partial charge on any atom is 0.337 e. The molecule has 0 aliphatic carbocycles. The molecule has 5 nitrogen and oxygen atoms in total. The van der Waals surface area contributed by atoms with Crippen molar-refractivity contribution >= 4 is 17.7 Å². The van der Waals surface area contributed by atoms with E-state index in [1.54, 1.807) is 26.1 Å². The smallest absolute Gasteiger partial charge is 0.337 e. The zero-order valence-corrected chi connectivity index (χ0v) is 10.9. The standard InChI is InChI=1S/C13H18N2O3/c1-4-8-15(3)13(18)14-11-9(2)6-5-7-10(11)12(16)17/h5-7H,4,8H2,1-3H3,(H,14,18)(H,16,17). The predicted molar refractivity (Wildman–Crippen MR) is 70.1 cm³/mol. The summed E-state index contributed by atoms with van der Waals surface area (Å²) in [5.74, 6) is -1.05. The van der Waals surface area contributed by atoms with Gasteiger partial charge in [0.05, 0.1) is 11.3 Å². The highest BCUT2D eigenvalue weighted by Crippen LogP contribution is 2.20. The van der Waals surface area contributed by atoms with Crippen LogP contribution in [0, 0.1) is 6.92 Å². The van der Waals surface area contributed by atoms with E-state index in [1.807, 2.05) is 6.92 Å². The Morgan fingerprint density at radius 3 is 2.61 bits per heavy atom. The first-order valence-corrected chi connectivity index (χ1v) is 5.82. The van der Waals surface area contributed by atoms with E-state index in [4.69, 9.17) is 5.11 Å². The maximum absolute atomic E-state index is 11.9. The van der Waals surface area contributed by atoms with E-state index in [0.29, 0.717) is 12.2 Å². The van der Waals surface area contributed by atoms with Crippen molar-refractivity contribution in [3.63, 3.8) is 0 Å². The van der Waals surface area contributed by atoms with Crippen LogP contribution in [0.15, 0.2) is 18.2 Å². The summed E-state index contributed by atoms with van der Waals surface area (Å²) < 4.78 is 0. The molecule has 5 heteroatoms. The van der Waals surface area contributed by atoms with Crippen LogP contribution < -0.4 is 5.32 Å². The number of hydrogen-bond acceptors (Lipinski definition) is 2. The number of carbonyl (C=O) groups is 2. The highest BCUT2D eigenvalue weighted by molar-refractivity contribution is 6.00. The Labute approximate surface area is 106 Å². The van der Waals surface area contributed by atoms with Crippen LogP contribution in [-0.4, -0.2) is 35.6 Å². The van der Waals surface area contributed by atoms with Gasteiger partial charge < -0.3 is 15.3 Å². The summed E-state index contributed by atoms with van der Waals surface area (Å²) >= 11 is 0. The van der Waals surface area contributed by atoms with Gasteiger partial charge in [-0.15, -0.1) is 0 Å². The number of carboxylic acid groups (broad SMARTS) is 1. The fourth-order valence-corrected chi connectivity index (χ4v) is 1.65. The molecule has 98 valence electrons. The zero-order valence-electron chi connectivity index (χ0n) is 10.9. The van der Waals surface area contributed by atoms with Crippen LogP contribution in [0.3, 0.4) is 0 Å². The lowest BCUT2D eigenvalue weighted by Crippen LogP contribution is -2.32. The predicted octanol–water partition coefficient (Wildman–Crippen LogP) is 2.57. The minimum Gasteiger partial charge on any atom is -0.478 e. The number of para-hydroxylation sites is 1. The number of aryl methyl sites for hydroxylation is 1. The van der Waals surface area contributed by atoms with E-state index in [9.17, 15) is 9.59 Å². The number of nitrogens with zero attached hydrogens (tertiary/aromatic N) is 1. The Kier molecular flexibility index (Phi) is 4.71. The quantitative estimate of drug-likeness (QED) is 0.862. The van der Waals surface area contributed by atoms with Gasteiger partial charge in [0.2, 0.25) is 0 Å². The van der Waals surface area contributed by atoms with E-state index in [1.165, 1.54) is 11.0 Å². The normalized spacial score (nSPS) is 9.94. The van der Waals surface area contributed by atoms with E-state index in [-0.39, 0.29) is 11.6 Å². The third kappa shape index (κ3) is 3.23. The van der Waals surface area contributed by atoms with Crippen molar-refractivity contribution in [2.24, 2.45) is 0 Å². The average Bonchev–Trinajstić information content (AvgIpc) is 2.31. The van der Waals surface area contributed by atoms with Crippen LogP contribution in [0.4, 0.5) is 10.5 Å². The minimum atomic E-state index is -1.05. The molecule has 2 amide bonds. The number of hydrogen-bond donors (Lipinski definition) is 2. The Bertz CT molecular complexity index is 458. The molecule has 0 bridgehead atoms. The van der Waals surface area contributed by atoms with E-state index in [2.05, 4.69) is 5.32 Å². The third-order valence-corrected chi connectivity index (χ3v) is 2.64. The minimum absolute atomic E-state index is 0.105. The monoisotopic (exact) mass is 250 g/mol. The molecule has 0 aliphatic heterocycles. The molecule has 0 aromatic heterocycles. The average molecular weight is 250 g/mol. The van der Waals surface area contributed by atoms with Crippen LogP contribution in [0.5, 0.6) is 0 Å². The van der Waals surface area contributed by atoms with Gasteiger partial charge >= 0.3 is 12.0 Å². The first-order valence-electron chi connectivity index (χ1n) is 5.82. The molecule has 0 heterocycles. The van der Waals surface area contributed by atoms with Crippen molar-refractivity contribution in [3.8, 4) is 0 Å². The topological polar surface area (TPSA) is 69.6 Å². The second-order valence-electron chi connectivity index (χ2n) is 4.15. The number of anilines is 1. The molecule has 0 aliphatic rings. The van der Waals surface area contributed by atoms with Crippen LogP contribution in [0.1, 0.15) is 29.3 Å². The first-order chi connectivity index (χ1) is 8.47. The molecule has 1 aromatic rings. The molecule has 2 N–H and O–H groups in total. The fraction of sp³-hybridized carbons (Fsp3) is 0.385. The number of nitrogens with one attached hydrogen (secondary N) is 1. The van der Waals surface area contributed by atoms with Crippen molar-refractivity contribution < 1.29 is 14.7 Å². The molecule has 0 fully saturated rings. The molecule has 0 radical (unpaired) electrons. The number of carbonyl (C=O) groups excluding carboxylic acids is 1. The summed E-state index contributed by atoms with van der Waals surface area (Å²) in [5.41, 5.74) is 1.19. The molecular weight excluding hydrogens is 232 g/mol. The summed E-state index contributed by atoms with van der Waals surface area (Å²) in [5, 5.41) is 11.7. The van der Waals surface area contributed by atoms with E-state index < -0.39 is 5.97 Å². The maximum atomic E-state index is 11.9. The molecule has 0 spiro atoms. The number of urea groups is 1. The SMILES string of the molecule is CCCN(C)C(=O)Nc1c(C)cccc1C(=O)O. The Hall–Kier alpha value is -2.04. The van der Waals surface area contributed by atoms with Gasteiger partial charge in [0.1, 0.15) is 0 Å². The van der Waals surface area contributed by atoms with Crippen LogP contribution in [-0.2, 0) is 0 Å². The Balaban J connectivity index is 2.96. The van der Waals surface area contributed by atoms with Gasteiger partial charge in [0.25, 0.3) is 0 Å². The second-order valence-corrected chi connectivity index (χ2v) is 4.15. The summed E-state index contributed by atoms with van der Waals surface area (Å²) in [6.45, 7) is 4.36. The second kappa shape index (κ2) is 6.05. The third-order valence-electron chi connectivity index (χ3n) is 2.64. The highest BCUT2D eigenvalue weighted by atomic mass is 16.4. The molecule has 0 saturated carbocycles. The van der Waals surface area contributed by atoms with Gasteiger partial charge in [0, 0.05) is 13.6 Å². The van der Waals surface area contributed by atoms with Crippen molar-refractivity contribution in [2.75, 3.05) is 18.9 Å². The number of amides is 2. The number of carboxylic acids is 1. The summed E-state index contributed by atoms with van der Waals surface area (Å²) in [4.78, 5) is 24.5. The lowest BCUT2D eigenvalue weighted by Gasteiger charge is -2.19. The van der Waals surface area contributed by atoms with Gasteiger partial charge in [0.15, 0.2) is 0 Å². The van der Waals surface area contributed by atoms with Crippen molar-refractivity contribution in [2.45, 2.75) is 20.3 Å². The fourth-order valence-electron chi connectivity index (χ4n) is 1.65. The summed E-state index contributed by atoms with van der Waals surface area (Å²) in [6, 6.07) is 4.60. The zero-order chi connectivity index (χ0) is 13.7. The summed E-state index contributed by atoms with van der Waals surface area (Å²) in [6.07, 6.45) is 0.851. The van der Waals surface area contributed by atoms with Crippen LogP contribution >= 0.6 is 0 Å². The van der Waals surface area contributed by atoms with Gasteiger partial charge in [-0.1, -0.05) is 19.1 Å². The number of benzene rings is 1. The van der Waals surface area contributed by atoms with Crippen LogP contribution in [0.2, 0.25) is 0 Å². The number of rotatable bonds is 4. The first kappa shape index (κ1) is 14.0. The molecule has 0 saturated heterocycles. The van der Waals surface area contributed by atoms with E-state index in [0.717, 1.165) is 12.0 Å². The lowest BCUT2D eigenvalue weighted by molar-refractivity contribution is 0.0698. The molecular formula is C13H18N2O3. The van der Waals surface area contributed by atoms with Gasteiger partial charge in [-0.25, -0.2) is 9.59 Å². The Morgan fingerprint density at radius 2 is 2.06 bits per heavy atom. The van der Waals surface area contributed by atoms with Crippen molar-refractivity contribution in [1.29, 1.82) is 0 Å². The van der Waals surface area contributed by atoms with Crippen molar-refractivity contribution in [1.82, 2.24) is 4.90 Å². The largest absolute Gasteiger partial charge is 0.478 e. The molecule has 0 atom stereocenters. The van der Waals surface area contributed by atoms with Gasteiger partial charge in [-0.05, 0) is 25.0 Å².